The van der Waals surface area contributed by atoms with Crippen molar-refractivity contribution >= 4 is 16.9 Å². The number of methoxy groups -OCH3 is 2. The van der Waals surface area contributed by atoms with E-state index in [0.717, 1.165) is 27.9 Å². The molecule has 3 N–H and O–H groups in total. The van der Waals surface area contributed by atoms with E-state index in [1.807, 2.05) is 18.2 Å². The number of aliphatic carboxylic acids is 1. The van der Waals surface area contributed by atoms with Crippen LogP contribution in [0.3, 0.4) is 0 Å². The van der Waals surface area contributed by atoms with Crippen LogP contribution >= 0.6 is 0 Å². The number of aliphatic hydroxyl groups is 1. The van der Waals surface area contributed by atoms with Gasteiger partial charge in [0.25, 0.3) is 0 Å². The molecule has 30 heavy (non-hydrogen) atoms. The first-order valence-electron chi connectivity index (χ1n) is 10.6. The maximum Gasteiger partial charge on any atom is 0.309 e. The van der Waals surface area contributed by atoms with Crippen LogP contribution in [0.25, 0.3) is 10.9 Å². The molecule has 8 nitrogen and oxygen atoms in total. The van der Waals surface area contributed by atoms with Crippen molar-refractivity contribution in [1.82, 2.24) is 4.98 Å². The zero-order chi connectivity index (χ0) is 21.2. The summed E-state index contributed by atoms with van der Waals surface area (Å²) >= 11 is 0. The number of hydrogen-bond donors (Lipinski definition) is 3. The zero-order valence-corrected chi connectivity index (χ0v) is 17.2. The minimum atomic E-state index is -0.959. The van der Waals surface area contributed by atoms with Gasteiger partial charge in [-0.15, -0.1) is 0 Å². The highest BCUT2D eigenvalue weighted by atomic mass is 16.5. The van der Waals surface area contributed by atoms with E-state index in [-0.39, 0.29) is 22.5 Å². The van der Waals surface area contributed by atoms with Gasteiger partial charge in [-0.1, -0.05) is 0 Å². The first kappa shape index (κ1) is 19.8. The van der Waals surface area contributed by atoms with Crippen molar-refractivity contribution < 1.29 is 29.1 Å². The van der Waals surface area contributed by atoms with E-state index < -0.39 is 24.1 Å². The molecule has 3 aliphatic rings. The number of H-pyrrole nitrogens is 1. The molecule has 2 aliphatic heterocycles. The van der Waals surface area contributed by atoms with Gasteiger partial charge in [-0.2, -0.15) is 0 Å². The van der Waals surface area contributed by atoms with Crippen LogP contribution in [0.1, 0.15) is 30.1 Å². The second kappa shape index (κ2) is 6.95. The van der Waals surface area contributed by atoms with E-state index in [1.54, 1.807) is 7.11 Å². The number of fused-ring (bicyclic) bond motifs is 6. The Labute approximate surface area is 174 Å². The second-order valence-electron chi connectivity index (χ2n) is 9.08. The number of quaternary nitrogens is 1. The van der Waals surface area contributed by atoms with Gasteiger partial charge in [0.15, 0.2) is 0 Å². The number of aromatic amines is 1. The molecule has 2 fully saturated rings. The third-order valence-corrected chi connectivity index (χ3v) is 7.73. The Morgan fingerprint density at radius 2 is 2.10 bits per heavy atom. The summed E-state index contributed by atoms with van der Waals surface area (Å²) in [6.07, 6.45) is -0.0234. The van der Waals surface area contributed by atoms with E-state index in [0.29, 0.717) is 32.4 Å². The molecule has 0 bridgehead atoms. The number of aromatic nitrogens is 1. The summed E-state index contributed by atoms with van der Waals surface area (Å²) in [7, 11) is 3.07. The molecule has 5 rings (SSSR count). The quantitative estimate of drug-likeness (QED) is 0.522. The highest BCUT2D eigenvalue weighted by Gasteiger charge is 2.56. The van der Waals surface area contributed by atoms with Crippen LogP contribution in [0.15, 0.2) is 18.2 Å². The molecule has 0 spiro atoms. The van der Waals surface area contributed by atoms with Gasteiger partial charge in [0.1, 0.15) is 11.8 Å². The number of nitrogens with zero attached hydrogens (tertiary/aromatic N) is 1. The van der Waals surface area contributed by atoms with Crippen molar-refractivity contribution in [2.24, 2.45) is 17.8 Å². The fraction of sp³-hybridized carbons (Fsp3) is 0.591. The number of hydroxylamine groups is 3. The third kappa shape index (κ3) is 2.78. The highest BCUT2D eigenvalue weighted by Crippen LogP contribution is 2.52. The van der Waals surface area contributed by atoms with Crippen LogP contribution in [-0.4, -0.2) is 65.3 Å². The van der Waals surface area contributed by atoms with E-state index in [1.165, 1.54) is 7.11 Å². The maximum absolute atomic E-state index is 13.9. The first-order valence-corrected chi connectivity index (χ1v) is 10.6. The Kier molecular flexibility index (Phi) is 4.59. The van der Waals surface area contributed by atoms with Crippen LogP contribution in [0.4, 0.5) is 0 Å². The summed E-state index contributed by atoms with van der Waals surface area (Å²) in [5, 5.41) is 35.4. The molecule has 8 heteroatoms. The number of benzene rings is 1. The maximum atomic E-state index is 13.9. The first-order chi connectivity index (χ1) is 14.4. The molecule has 1 aromatic carbocycles. The molecular formula is C22H28N2O6. The van der Waals surface area contributed by atoms with Crippen LogP contribution < -0.4 is 4.74 Å². The molecule has 1 saturated carbocycles. The molecule has 3 heterocycles. The SMILES string of the molecule is COc1ccc2c3c([nH]c2c1)[C@H]1C[C@H]2[C@H](C[C@@H](O)[C@H](OC)[C@H]2C(=O)O)C[N+]1([O-])CC3. The van der Waals surface area contributed by atoms with Crippen molar-refractivity contribution in [3.63, 3.8) is 0 Å². The molecule has 1 aliphatic carbocycles. The number of nitrogens with one attached hydrogen (secondary N) is 1. The number of ether oxygens (including phenoxy) is 2. The predicted molar refractivity (Wildman–Crippen MR) is 109 cm³/mol. The van der Waals surface area contributed by atoms with Crippen molar-refractivity contribution in [2.75, 3.05) is 27.3 Å². The number of carboxylic acid groups (broad SMARTS) is 1. The fourth-order valence-electron chi connectivity index (χ4n) is 6.38. The van der Waals surface area contributed by atoms with Gasteiger partial charge < -0.3 is 34.5 Å². The average molecular weight is 416 g/mol. The molecule has 0 amide bonds. The minimum Gasteiger partial charge on any atom is -0.632 e. The predicted octanol–water partition coefficient (Wildman–Crippen LogP) is 2.20. The molecule has 162 valence electrons. The average Bonchev–Trinajstić information content (AvgIpc) is 3.08. The molecule has 1 saturated heterocycles. The number of carbonyl (C=O) groups is 1. The molecular weight excluding hydrogens is 388 g/mol. The fourth-order valence-corrected chi connectivity index (χ4v) is 6.38. The molecule has 1 aromatic heterocycles. The van der Waals surface area contributed by atoms with Gasteiger partial charge in [-0.25, -0.2) is 0 Å². The third-order valence-electron chi connectivity index (χ3n) is 7.73. The summed E-state index contributed by atoms with van der Waals surface area (Å²) in [5.74, 6) is -1.34. The van der Waals surface area contributed by atoms with Crippen molar-refractivity contribution in [3.8, 4) is 5.75 Å². The summed E-state index contributed by atoms with van der Waals surface area (Å²) in [6.45, 7) is 0.812. The van der Waals surface area contributed by atoms with E-state index >= 15 is 0 Å². The van der Waals surface area contributed by atoms with E-state index in [4.69, 9.17) is 9.47 Å². The molecule has 0 radical (unpaired) electrons. The minimum absolute atomic E-state index is 0.118. The lowest BCUT2D eigenvalue weighted by Crippen LogP contribution is -2.62. The Balaban J connectivity index is 1.56. The van der Waals surface area contributed by atoms with Crippen LogP contribution in [0, 0.1) is 23.0 Å². The van der Waals surface area contributed by atoms with Crippen molar-refractivity contribution in [3.05, 3.63) is 34.7 Å². The number of hydrogen-bond acceptors (Lipinski definition) is 5. The van der Waals surface area contributed by atoms with Gasteiger partial charge in [0.05, 0.1) is 44.0 Å². The Hall–Kier alpha value is -2.13. The largest absolute Gasteiger partial charge is 0.632 e. The Morgan fingerprint density at radius 3 is 2.80 bits per heavy atom. The lowest BCUT2D eigenvalue weighted by molar-refractivity contribution is -0.924. The summed E-state index contributed by atoms with van der Waals surface area (Å²) < 4.78 is 10.4. The lowest BCUT2D eigenvalue weighted by atomic mass is 9.63. The molecule has 2 aromatic rings. The standard InChI is InChI=1S/C22H28N2O6/c1-29-12-3-4-13-14-5-6-24(28)10-11-7-18(25)21(30-2)19(22(26)27)15(11)9-17(24)20(14)23-16(13)8-12/h3-4,8,11,15,17-19,21,23,25H,5-7,9-10H2,1-2H3,(H,26,27)/t11-,15+,17-,18-,19+,21+,24?/m1/s1. The zero-order valence-electron chi connectivity index (χ0n) is 17.2. The molecule has 1 unspecified atom stereocenters. The monoisotopic (exact) mass is 416 g/mol. The smallest absolute Gasteiger partial charge is 0.309 e. The normalized spacial score (nSPS) is 37.9. The second-order valence-corrected chi connectivity index (χ2v) is 9.08. The Bertz CT molecular complexity index is 989. The van der Waals surface area contributed by atoms with Crippen LogP contribution in [0.5, 0.6) is 5.75 Å². The number of aliphatic hydroxyl groups excluding tert-OH is 1. The topological polar surface area (TPSA) is 115 Å². The van der Waals surface area contributed by atoms with Gasteiger partial charge >= 0.3 is 5.97 Å². The molecule has 7 atom stereocenters. The summed E-state index contributed by atoms with van der Waals surface area (Å²) in [5.41, 5.74) is 3.03. The van der Waals surface area contributed by atoms with Crippen molar-refractivity contribution in [1.29, 1.82) is 0 Å². The van der Waals surface area contributed by atoms with Gasteiger partial charge in [0.2, 0.25) is 0 Å². The van der Waals surface area contributed by atoms with Gasteiger partial charge in [0, 0.05) is 42.8 Å². The van der Waals surface area contributed by atoms with E-state index in [2.05, 4.69) is 4.98 Å². The lowest BCUT2D eigenvalue weighted by Gasteiger charge is -2.59. The number of rotatable bonds is 3. The highest BCUT2D eigenvalue weighted by molar-refractivity contribution is 5.86. The summed E-state index contributed by atoms with van der Waals surface area (Å²) in [6, 6.07) is 5.56. The van der Waals surface area contributed by atoms with Crippen LogP contribution in [0.2, 0.25) is 0 Å². The van der Waals surface area contributed by atoms with Gasteiger partial charge in [-0.3, -0.25) is 4.79 Å². The van der Waals surface area contributed by atoms with Crippen LogP contribution in [-0.2, 0) is 16.0 Å². The Morgan fingerprint density at radius 1 is 1.30 bits per heavy atom. The number of piperidine rings is 1. The van der Waals surface area contributed by atoms with Crippen molar-refractivity contribution in [2.45, 2.75) is 37.5 Å². The summed E-state index contributed by atoms with van der Waals surface area (Å²) in [4.78, 5) is 15.6. The van der Waals surface area contributed by atoms with Gasteiger partial charge in [-0.05, 0) is 30.0 Å². The van der Waals surface area contributed by atoms with E-state index in [9.17, 15) is 20.2 Å². The number of carboxylic acids is 1.